The highest BCUT2D eigenvalue weighted by Crippen LogP contribution is 2.29. The van der Waals surface area contributed by atoms with E-state index in [-0.39, 0.29) is 30.1 Å². The van der Waals surface area contributed by atoms with Crippen molar-refractivity contribution in [2.45, 2.75) is 90.3 Å². The molecular formula is C23H44IN5O2. The van der Waals surface area contributed by atoms with Gasteiger partial charge in [0.1, 0.15) is 5.60 Å². The fraction of sp³-hybridized carbons (Fsp3) is 0.913. The number of carbonyl (C=O) groups is 1. The summed E-state index contributed by atoms with van der Waals surface area (Å²) in [4.78, 5) is 21.7. The van der Waals surface area contributed by atoms with Crippen molar-refractivity contribution in [2.75, 3.05) is 39.3 Å². The molecule has 1 amide bonds. The number of halogens is 1. The number of hydrogen-bond donors (Lipinski definition) is 2. The molecule has 0 spiro atoms. The van der Waals surface area contributed by atoms with Crippen LogP contribution >= 0.6 is 24.0 Å². The molecule has 3 rings (SSSR count). The number of piperidine rings is 2. The van der Waals surface area contributed by atoms with Gasteiger partial charge in [-0.15, -0.1) is 24.0 Å². The SMILES string of the molecule is CCNC(=NCCC1CCCN(C(=O)OC(C)(C)C)C1)NC1CCN(C2CC2)CC1.I. The van der Waals surface area contributed by atoms with E-state index in [2.05, 4.69) is 22.5 Å². The van der Waals surface area contributed by atoms with Gasteiger partial charge in [-0.2, -0.15) is 0 Å². The summed E-state index contributed by atoms with van der Waals surface area (Å²) < 4.78 is 5.55. The molecule has 2 heterocycles. The van der Waals surface area contributed by atoms with Gasteiger partial charge in [-0.05, 0) is 78.6 Å². The summed E-state index contributed by atoms with van der Waals surface area (Å²) in [6, 6.07) is 1.40. The highest BCUT2D eigenvalue weighted by Gasteiger charge is 2.32. The molecule has 2 N–H and O–H groups in total. The van der Waals surface area contributed by atoms with Gasteiger partial charge >= 0.3 is 6.09 Å². The summed E-state index contributed by atoms with van der Waals surface area (Å²) in [6.45, 7) is 13.6. The largest absolute Gasteiger partial charge is 0.444 e. The van der Waals surface area contributed by atoms with E-state index in [1.54, 1.807) is 0 Å². The molecule has 3 fully saturated rings. The predicted octanol–water partition coefficient (Wildman–Crippen LogP) is 3.82. The molecule has 0 aromatic heterocycles. The van der Waals surface area contributed by atoms with Gasteiger partial charge in [-0.3, -0.25) is 4.99 Å². The Morgan fingerprint density at radius 3 is 2.42 bits per heavy atom. The number of rotatable bonds is 6. The molecule has 2 saturated heterocycles. The molecule has 8 heteroatoms. The van der Waals surface area contributed by atoms with E-state index in [4.69, 9.17) is 9.73 Å². The first-order valence-corrected chi connectivity index (χ1v) is 12.1. The topological polar surface area (TPSA) is 69.2 Å². The fourth-order valence-electron chi connectivity index (χ4n) is 4.51. The molecule has 2 aliphatic heterocycles. The summed E-state index contributed by atoms with van der Waals surface area (Å²) in [5.41, 5.74) is -0.435. The lowest BCUT2D eigenvalue weighted by atomic mass is 9.95. The first-order chi connectivity index (χ1) is 14.3. The molecular weight excluding hydrogens is 505 g/mol. The smallest absolute Gasteiger partial charge is 0.410 e. The van der Waals surface area contributed by atoms with E-state index in [1.807, 2.05) is 25.7 Å². The molecule has 0 bridgehead atoms. The Balaban J connectivity index is 0.00000341. The third kappa shape index (κ3) is 9.32. The number of carbonyl (C=O) groups excluding carboxylic acids is 1. The minimum atomic E-state index is -0.435. The van der Waals surface area contributed by atoms with E-state index in [0.717, 1.165) is 51.0 Å². The molecule has 31 heavy (non-hydrogen) atoms. The number of hydrogen-bond acceptors (Lipinski definition) is 4. The Labute approximate surface area is 206 Å². The van der Waals surface area contributed by atoms with Crippen LogP contribution in [0.25, 0.3) is 0 Å². The highest BCUT2D eigenvalue weighted by atomic mass is 127. The molecule has 7 nitrogen and oxygen atoms in total. The van der Waals surface area contributed by atoms with Crippen LogP contribution in [0.4, 0.5) is 4.79 Å². The van der Waals surface area contributed by atoms with Crippen LogP contribution in [0, 0.1) is 5.92 Å². The van der Waals surface area contributed by atoms with Gasteiger partial charge in [-0.25, -0.2) is 4.79 Å². The van der Waals surface area contributed by atoms with E-state index >= 15 is 0 Å². The lowest BCUT2D eigenvalue weighted by Gasteiger charge is -2.34. The number of aliphatic imine (C=N–C) groups is 1. The quantitative estimate of drug-likeness (QED) is 0.300. The summed E-state index contributed by atoms with van der Waals surface area (Å²) in [5, 5.41) is 7.06. The second kappa shape index (κ2) is 12.5. The Hall–Kier alpha value is -0.770. The molecule has 1 aliphatic carbocycles. The number of amides is 1. The van der Waals surface area contributed by atoms with Crippen LogP contribution in [0.15, 0.2) is 4.99 Å². The molecule has 0 aromatic carbocycles. The maximum Gasteiger partial charge on any atom is 0.410 e. The van der Waals surface area contributed by atoms with Gasteiger partial charge in [0, 0.05) is 51.4 Å². The first-order valence-electron chi connectivity index (χ1n) is 12.1. The van der Waals surface area contributed by atoms with Gasteiger partial charge in [0.25, 0.3) is 0 Å². The van der Waals surface area contributed by atoms with Crippen molar-refractivity contribution in [3.63, 3.8) is 0 Å². The van der Waals surface area contributed by atoms with E-state index in [0.29, 0.717) is 12.0 Å². The van der Waals surface area contributed by atoms with Crippen molar-refractivity contribution < 1.29 is 9.53 Å². The van der Waals surface area contributed by atoms with E-state index in [9.17, 15) is 4.79 Å². The summed E-state index contributed by atoms with van der Waals surface area (Å²) in [7, 11) is 0. The zero-order valence-electron chi connectivity index (χ0n) is 20.0. The van der Waals surface area contributed by atoms with Gasteiger partial charge in [0.15, 0.2) is 5.96 Å². The molecule has 1 unspecified atom stereocenters. The van der Waals surface area contributed by atoms with Crippen LogP contribution in [0.5, 0.6) is 0 Å². The summed E-state index contributed by atoms with van der Waals surface area (Å²) >= 11 is 0. The minimum Gasteiger partial charge on any atom is -0.444 e. The van der Waals surface area contributed by atoms with Crippen molar-refractivity contribution in [1.82, 2.24) is 20.4 Å². The zero-order valence-corrected chi connectivity index (χ0v) is 22.3. The van der Waals surface area contributed by atoms with Crippen molar-refractivity contribution in [2.24, 2.45) is 10.9 Å². The Morgan fingerprint density at radius 1 is 1.10 bits per heavy atom. The maximum absolute atomic E-state index is 12.4. The first kappa shape index (κ1) is 26.5. The van der Waals surface area contributed by atoms with Gasteiger partial charge < -0.3 is 25.2 Å². The van der Waals surface area contributed by atoms with Crippen LogP contribution < -0.4 is 10.6 Å². The second-order valence-electron chi connectivity index (χ2n) is 10.2. The van der Waals surface area contributed by atoms with Crippen molar-refractivity contribution in [3.8, 4) is 0 Å². The Morgan fingerprint density at radius 2 is 1.81 bits per heavy atom. The van der Waals surface area contributed by atoms with Crippen LogP contribution in [0.3, 0.4) is 0 Å². The average molecular weight is 550 g/mol. The number of guanidine groups is 1. The molecule has 180 valence electrons. The average Bonchev–Trinajstić information content (AvgIpc) is 3.53. The maximum atomic E-state index is 12.4. The third-order valence-corrected chi connectivity index (χ3v) is 6.26. The fourth-order valence-corrected chi connectivity index (χ4v) is 4.51. The van der Waals surface area contributed by atoms with Gasteiger partial charge in [0.2, 0.25) is 0 Å². The number of nitrogens with one attached hydrogen (secondary N) is 2. The monoisotopic (exact) mass is 549 g/mol. The molecule has 0 aromatic rings. The Bertz CT molecular complexity index is 583. The van der Waals surface area contributed by atoms with Gasteiger partial charge in [0.05, 0.1) is 0 Å². The van der Waals surface area contributed by atoms with Crippen molar-refractivity contribution in [1.29, 1.82) is 0 Å². The van der Waals surface area contributed by atoms with Crippen LogP contribution in [0.1, 0.15) is 72.6 Å². The minimum absolute atomic E-state index is 0. The molecule has 3 aliphatic rings. The van der Waals surface area contributed by atoms with Crippen molar-refractivity contribution >= 4 is 36.0 Å². The standard InChI is InChI=1S/C23H43N5O2.HI/c1-5-24-21(26-19-11-15-27(16-12-19)20-8-9-20)25-13-10-18-7-6-14-28(17-18)22(29)30-23(2,3)4;/h18-20H,5-17H2,1-4H3,(H2,24,25,26);1H. The van der Waals surface area contributed by atoms with Crippen LogP contribution in [-0.2, 0) is 4.74 Å². The lowest BCUT2D eigenvalue weighted by Crippen LogP contribution is -2.49. The van der Waals surface area contributed by atoms with Crippen LogP contribution in [-0.4, -0.2) is 78.8 Å². The van der Waals surface area contributed by atoms with Crippen molar-refractivity contribution in [3.05, 3.63) is 0 Å². The Kier molecular flexibility index (Phi) is 10.6. The van der Waals surface area contributed by atoms with E-state index in [1.165, 1.54) is 45.2 Å². The number of likely N-dealkylation sites (tertiary alicyclic amines) is 2. The third-order valence-electron chi connectivity index (χ3n) is 6.26. The van der Waals surface area contributed by atoms with Gasteiger partial charge in [-0.1, -0.05) is 0 Å². The normalized spacial score (nSPS) is 23.8. The molecule has 1 saturated carbocycles. The molecule has 0 radical (unpaired) electrons. The highest BCUT2D eigenvalue weighted by molar-refractivity contribution is 14.0. The summed E-state index contributed by atoms with van der Waals surface area (Å²) in [5.74, 6) is 1.45. The van der Waals surface area contributed by atoms with Crippen LogP contribution in [0.2, 0.25) is 0 Å². The predicted molar refractivity (Wildman–Crippen MR) is 137 cm³/mol. The lowest BCUT2D eigenvalue weighted by molar-refractivity contribution is 0.0163. The second-order valence-corrected chi connectivity index (χ2v) is 10.2. The summed E-state index contributed by atoms with van der Waals surface area (Å²) in [6.07, 6.45) is 8.25. The molecule has 1 atom stereocenters. The zero-order chi connectivity index (χ0) is 21.6. The number of ether oxygens (including phenoxy) is 1. The number of nitrogens with zero attached hydrogens (tertiary/aromatic N) is 3. The van der Waals surface area contributed by atoms with E-state index < -0.39 is 5.60 Å².